The van der Waals surface area contributed by atoms with Crippen molar-refractivity contribution in [3.8, 4) is 6.07 Å². The second-order valence-electron chi connectivity index (χ2n) is 7.10. The lowest BCUT2D eigenvalue weighted by Gasteiger charge is -2.07. The first kappa shape index (κ1) is 22.1. The molecule has 0 saturated carbocycles. The summed E-state index contributed by atoms with van der Waals surface area (Å²) < 4.78 is 24.8. The first-order valence-electron chi connectivity index (χ1n) is 10.0. The molecule has 2 aromatic rings. The monoisotopic (exact) mass is 398 g/mol. The zero-order valence-corrected chi connectivity index (χ0v) is 17.7. The summed E-state index contributed by atoms with van der Waals surface area (Å²) in [5.41, 5.74) is 3.92. The van der Waals surface area contributed by atoms with Crippen LogP contribution >= 0.6 is 0 Å². The molecule has 0 heterocycles. The van der Waals surface area contributed by atoms with E-state index in [0.29, 0.717) is 5.56 Å². The molecule has 3 rings (SSSR count). The fourth-order valence-electron chi connectivity index (χ4n) is 3.23. The number of rotatable bonds is 7. The summed E-state index contributed by atoms with van der Waals surface area (Å²) in [6.45, 7) is 6.72. The highest BCUT2D eigenvalue weighted by molar-refractivity contribution is 7.90. The highest BCUT2D eigenvalue weighted by Crippen LogP contribution is 2.25. The van der Waals surface area contributed by atoms with Crippen LogP contribution in [0.5, 0.6) is 0 Å². The predicted molar refractivity (Wildman–Crippen MR) is 114 cm³/mol. The highest BCUT2D eigenvalue weighted by Gasteiger charge is 2.17. The molecule has 0 spiro atoms. The molecule has 5 heteroatoms. The van der Waals surface area contributed by atoms with E-state index >= 15 is 0 Å². The number of hydrogen-bond donors (Lipinski definition) is 1. The summed E-state index contributed by atoms with van der Waals surface area (Å²) in [6.07, 6.45) is 5.79. The van der Waals surface area contributed by atoms with Crippen molar-refractivity contribution in [3.63, 3.8) is 0 Å². The summed E-state index contributed by atoms with van der Waals surface area (Å²) >= 11 is 0. The maximum Gasteiger partial charge on any atom is 0.182 e. The normalized spacial score (nSPS) is 12.6. The van der Waals surface area contributed by atoms with Gasteiger partial charge in [0.1, 0.15) is 0 Å². The third-order valence-corrected chi connectivity index (χ3v) is 6.42. The van der Waals surface area contributed by atoms with Crippen LogP contribution in [-0.4, -0.2) is 21.5 Å². The van der Waals surface area contributed by atoms with Gasteiger partial charge >= 0.3 is 0 Å². The van der Waals surface area contributed by atoms with Gasteiger partial charge in [0, 0.05) is 0 Å². The van der Waals surface area contributed by atoms with Crippen molar-refractivity contribution < 1.29 is 8.42 Å². The molecular formula is C23H30N2O2S. The largest absolute Gasteiger partial charge is 0.317 e. The number of nitriles is 1. The highest BCUT2D eigenvalue weighted by atomic mass is 32.2. The molecule has 0 aliphatic heterocycles. The summed E-state index contributed by atoms with van der Waals surface area (Å²) in [5, 5.41) is 12.0. The molecule has 0 amide bonds. The number of benzene rings is 2. The molecule has 0 bridgehead atoms. The maximum absolute atomic E-state index is 12.4. The first-order valence-corrected chi connectivity index (χ1v) is 11.7. The average molecular weight is 399 g/mol. The number of nitrogens with one attached hydrogen (secondary N) is 1. The minimum Gasteiger partial charge on any atom is -0.317 e. The molecule has 0 atom stereocenters. The molecule has 28 heavy (non-hydrogen) atoms. The molecule has 1 aliphatic carbocycles. The molecule has 0 saturated heterocycles. The van der Waals surface area contributed by atoms with E-state index in [0.717, 1.165) is 24.8 Å². The third kappa shape index (κ3) is 6.47. The van der Waals surface area contributed by atoms with E-state index < -0.39 is 9.84 Å². The molecule has 4 nitrogen and oxygen atoms in total. The van der Waals surface area contributed by atoms with Gasteiger partial charge in [0.05, 0.1) is 22.3 Å². The van der Waals surface area contributed by atoms with Crippen LogP contribution < -0.4 is 5.32 Å². The Bertz CT molecular complexity index is 893. The smallest absolute Gasteiger partial charge is 0.182 e. The second-order valence-corrected chi connectivity index (χ2v) is 9.09. The molecule has 0 unspecified atom stereocenters. The standard InChI is InChI=1S/C17H15NO2S.C6H15N/c18-11-13-5-8-17(9-6-13)21(19,20)12-14-4-7-15-2-1-3-16(15)10-14;1-3-5-7-6-4-2/h4-10H,1-3,12H2;7H,3-6H2,1-2H3. The number of nitrogens with zero attached hydrogens (tertiary/aromatic N) is 1. The van der Waals surface area contributed by atoms with Gasteiger partial charge in [0.25, 0.3) is 0 Å². The summed E-state index contributed by atoms with van der Waals surface area (Å²) in [4.78, 5) is 0.266. The lowest BCUT2D eigenvalue weighted by Crippen LogP contribution is -2.14. The van der Waals surface area contributed by atoms with E-state index in [9.17, 15) is 8.42 Å². The van der Waals surface area contributed by atoms with Crippen molar-refractivity contribution in [2.24, 2.45) is 0 Å². The SMILES string of the molecule is CCCNCCC.N#Cc1ccc(S(=O)(=O)Cc2ccc3c(c2)CCC3)cc1. The van der Waals surface area contributed by atoms with Crippen LogP contribution in [0.1, 0.15) is 55.4 Å². The molecule has 2 aromatic carbocycles. The summed E-state index contributed by atoms with van der Waals surface area (Å²) in [7, 11) is -3.37. The van der Waals surface area contributed by atoms with Gasteiger partial charge < -0.3 is 5.32 Å². The summed E-state index contributed by atoms with van der Waals surface area (Å²) in [6, 6.07) is 14.0. The molecule has 0 fully saturated rings. The number of hydrogen-bond acceptors (Lipinski definition) is 4. The van der Waals surface area contributed by atoms with Crippen molar-refractivity contribution >= 4 is 9.84 Å². The fourth-order valence-corrected chi connectivity index (χ4v) is 4.57. The Balaban J connectivity index is 0.000000345. The van der Waals surface area contributed by atoms with Crippen LogP contribution in [0.4, 0.5) is 0 Å². The predicted octanol–water partition coefficient (Wildman–Crippen LogP) is 4.42. The van der Waals surface area contributed by atoms with E-state index in [4.69, 9.17) is 5.26 Å². The Morgan fingerprint density at radius 2 is 1.61 bits per heavy atom. The van der Waals surface area contributed by atoms with Crippen molar-refractivity contribution in [2.45, 2.75) is 56.6 Å². The van der Waals surface area contributed by atoms with Crippen molar-refractivity contribution in [1.29, 1.82) is 5.26 Å². The van der Waals surface area contributed by atoms with E-state index in [1.54, 1.807) is 0 Å². The lowest BCUT2D eigenvalue weighted by molar-refractivity contribution is 0.595. The van der Waals surface area contributed by atoms with E-state index in [1.165, 1.54) is 61.3 Å². The van der Waals surface area contributed by atoms with Gasteiger partial charge in [-0.2, -0.15) is 5.26 Å². The number of sulfone groups is 1. The molecular weight excluding hydrogens is 368 g/mol. The van der Waals surface area contributed by atoms with Crippen LogP contribution in [0.15, 0.2) is 47.4 Å². The van der Waals surface area contributed by atoms with Gasteiger partial charge in [-0.05, 0) is 86.1 Å². The van der Waals surface area contributed by atoms with Crippen molar-refractivity contribution in [1.82, 2.24) is 5.32 Å². The Morgan fingerprint density at radius 1 is 0.964 bits per heavy atom. The van der Waals surface area contributed by atoms with Crippen LogP contribution in [0, 0.1) is 11.3 Å². The zero-order chi connectivity index (χ0) is 20.4. The van der Waals surface area contributed by atoms with Gasteiger partial charge in [0.15, 0.2) is 9.84 Å². The topological polar surface area (TPSA) is 70.0 Å². The Kier molecular flexibility index (Phi) is 8.69. The van der Waals surface area contributed by atoms with E-state index in [-0.39, 0.29) is 10.6 Å². The van der Waals surface area contributed by atoms with Crippen molar-refractivity contribution in [3.05, 3.63) is 64.7 Å². The molecule has 0 aromatic heterocycles. The van der Waals surface area contributed by atoms with Gasteiger partial charge in [-0.3, -0.25) is 0 Å². The Hall–Kier alpha value is -2.16. The molecule has 1 aliphatic rings. The number of aryl methyl sites for hydroxylation is 2. The minimum atomic E-state index is -3.37. The number of fused-ring (bicyclic) bond motifs is 1. The quantitative estimate of drug-likeness (QED) is 0.701. The average Bonchev–Trinajstić information content (AvgIpc) is 3.16. The summed E-state index contributed by atoms with van der Waals surface area (Å²) in [5.74, 6) is 0.00613. The molecule has 150 valence electrons. The van der Waals surface area contributed by atoms with Gasteiger partial charge in [-0.1, -0.05) is 32.0 Å². The maximum atomic E-state index is 12.4. The molecule has 1 N–H and O–H groups in total. The van der Waals surface area contributed by atoms with Crippen molar-refractivity contribution in [2.75, 3.05) is 13.1 Å². The fraction of sp³-hybridized carbons (Fsp3) is 0.435. The minimum absolute atomic E-state index is 0.00613. The van der Waals surface area contributed by atoms with E-state index in [2.05, 4.69) is 19.2 Å². The zero-order valence-electron chi connectivity index (χ0n) is 16.9. The van der Waals surface area contributed by atoms with Crippen LogP contribution in [0.2, 0.25) is 0 Å². The Morgan fingerprint density at radius 3 is 2.21 bits per heavy atom. The molecule has 0 radical (unpaired) electrons. The third-order valence-electron chi connectivity index (χ3n) is 4.72. The van der Waals surface area contributed by atoms with Crippen LogP contribution in [0.3, 0.4) is 0 Å². The first-order chi connectivity index (χ1) is 13.5. The Labute approximate surface area is 169 Å². The van der Waals surface area contributed by atoms with E-state index in [1.807, 2.05) is 24.3 Å². The van der Waals surface area contributed by atoms with Gasteiger partial charge in [-0.25, -0.2) is 8.42 Å². The van der Waals surface area contributed by atoms with Gasteiger partial charge in [0.2, 0.25) is 0 Å². The second kappa shape index (κ2) is 11.0. The lowest BCUT2D eigenvalue weighted by atomic mass is 10.1. The van der Waals surface area contributed by atoms with Crippen LogP contribution in [0.25, 0.3) is 0 Å². The van der Waals surface area contributed by atoms with Crippen LogP contribution in [-0.2, 0) is 28.4 Å². The van der Waals surface area contributed by atoms with Gasteiger partial charge in [-0.15, -0.1) is 0 Å².